The lowest BCUT2D eigenvalue weighted by atomic mass is 10.2. The molecule has 1 atom stereocenters. The molecule has 1 amide bonds. The van der Waals surface area contributed by atoms with Crippen LogP contribution in [0.15, 0.2) is 18.2 Å². The molecule has 5 heteroatoms. The minimum Gasteiger partial charge on any atom is -0.494 e. The summed E-state index contributed by atoms with van der Waals surface area (Å²) in [5.74, 6) is 0.969. The molecule has 2 rings (SSSR count). The summed E-state index contributed by atoms with van der Waals surface area (Å²) in [4.78, 5) is 13.7. The molecule has 110 valence electrons. The molecule has 1 aliphatic heterocycles. The lowest BCUT2D eigenvalue weighted by Crippen LogP contribution is -2.31. The molecule has 0 saturated carbocycles. The van der Waals surface area contributed by atoms with E-state index in [1.807, 2.05) is 30.0 Å². The van der Waals surface area contributed by atoms with E-state index in [9.17, 15) is 4.79 Å². The summed E-state index contributed by atoms with van der Waals surface area (Å²) in [5, 5.41) is 0.734. The number of rotatable bonds is 5. The molecule has 0 unspecified atom stereocenters. The van der Waals surface area contributed by atoms with Crippen LogP contribution in [0.4, 0.5) is 0 Å². The summed E-state index contributed by atoms with van der Waals surface area (Å²) < 4.78 is 5.62. The molecule has 0 bridgehead atoms. The molecule has 0 aromatic heterocycles. The van der Waals surface area contributed by atoms with E-state index in [0.29, 0.717) is 26.0 Å². The molecule has 0 aliphatic carbocycles. The molecule has 0 radical (unpaired) electrons. The highest BCUT2D eigenvalue weighted by molar-refractivity contribution is 6.31. The van der Waals surface area contributed by atoms with Gasteiger partial charge in [-0.05, 0) is 43.5 Å². The summed E-state index contributed by atoms with van der Waals surface area (Å²) in [7, 11) is 0. The molecule has 1 aromatic rings. The maximum atomic E-state index is 11.9. The van der Waals surface area contributed by atoms with Gasteiger partial charge >= 0.3 is 0 Å². The number of ether oxygens (including phenoxy) is 1. The Bertz CT molecular complexity index is 479. The summed E-state index contributed by atoms with van der Waals surface area (Å²) in [5.41, 5.74) is 6.78. The Morgan fingerprint density at radius 3 is 3.00 bits per heavy atom. The van der Waals surface area contributed by atoms with Gasteiger partial charge in [0.15, 0.2) is 0 Å². The highest BCUT2D eigenvalue weighted by Crippen LogP contribution is 2.21. The number of carbonyl (C=O) groups is 1. The first-order chi connectivity index (χ1) is 9.56. The van der Waals surface area contributed by atoms with E-state index in [1.165, 1.54) is 0 Å². The second kappa shape index (κ2) is 6.95. The van der Waals surface area contributed by atoms with E-state index in [4.69, 9.17) is 22.1 Å². The van der Waals surface area contributed by atoms with Crippen molar-refractivity contribution in [1.29, 1.82) is 0 Å². The Labute approximate surface area is 124 Å². The average molecular weight is 297 g/mol. The van der Waals surface area contributed by atoms with Gasteiger partial charge in [-0.15, -0.1) is 0 Å². The summed E-state index contributed by atoms with van der Waals surface area (Å²) in [6, 6.07) is 5.72. The number of aryl methyl sites for hydroxylation is 1. The Morgan fingerprint density at radius 1 is 1.55 bits per heavy atom. The Morgan fingerprint density at radius 2 is 2.35 bits per heavy atom. The zero-order valence-electron chi connectivity index (χ0n) is 11.8. The van der Waals surface area contributed by atoms with Crippen LogP contribution in [0.3, 0.4) is 0 Å². The Kier molecular flexibility index (Phi) is 5.26. The summed E-state index contributed by atoms with van der Waals surface area (Å²) in [6.45, 7) is 3.95. The van der Waals surface area contributed by atoms with Gasteiger partial charge in [0, 0.05) is 30.6 Å². The SMILES string of the molecule is Cc1cc(OCCCC(=O)N2CC[C@@H](N)C2)ccc1Cl. The minimum atomic E-state index is 0.146. The topological polar surface area (TPSA) is 55.6 Å². The van der Waals surface area contributed by atoms with Crippen LogP contribution < -0.4 is 10.5 Å². The van der Waals surface area contributed by atoms with Gasteiger partial charge in [0.05, 0.1) is 6.61 Å². The number of hydrogen-bond donors (Lipinski definition) is 1. The molecule has 1 heterocycles. The second-order valence-corrected chi connectivity index (χ2v) is 5.66. The first-order valence-corrected chi connectivity index (χ1v) is 7.36. The third-order valence-corrected chi connectivity index (χ3v) is 3.93. The molecule has 4 nitrogen and oxygen atoms in total. The van der Waals surface area contributed by atoms with Crippen LogP contribution in [0, 0.1) is 6.92 Å². The second-order valence-electron chi connectivity index (χ2n) is 5.25. The summed E-state index contributed by atoms with van der Waals surface area (Å²) in [6.07, 6.45) is 2.14. The van der Waals surface area contributed by atoms with Crippen LogP contribution in [0.1, 0.15) is 24.8 Å². The third-order valence-electron chi connectivity index (χ3n) is 3.51. The van der Waals surface area contributed by atoms with E-state index < -0.39 is 0 Å². The van der Waals surface area contributed by atoms with E-state index >= 15 is 0 Å². The van der Waals surface area contributed by atoms with Crippen molar-refractivity contribution in [3.63, 3.8) is 0 Å². The standard InChI is InChI=1S/C15H21ClN2O2/c1-11-9-13(4-5-14(11)16)20-8-2-3-15(19)18-7-6-12(17)10-18/h4-5,9,12H,2-3,6-8,10,17H2,1H3/t12-/m1/s1. The predicted molar refractivity (Wildman–Crippen MR) is 80.1 cm³/mol. The van der Waals surface area contributed by atoms with Crippen LogP contribution in [-0.4, -0.2) is 36.5 Å². The van der Waals surface area contributed by atoms with Gasteiger partial charge in [0.25, 0.3) is 0 Å². The zero-order chi connectivity index (χ0) is 14.5. The van der Waals surface area contributed by atoms with Gasteiger partial charge < -0.3 is 15.4 Å². The van der Waals surface area contributed by atoms with Crippen molar-refractivity contribution in [2.24, 2.45) is 5.73 Å². The predicted octanol–water partition coefficient (Wildman–Crippen LogP) is 2.37. The minimum absolute atomic E-state index is 0.146. The number of halogens is 1. The third kappa shape index (κ3) is 4.12. The quantitative estimate of drug-likeness (QED) is 0.849. The first-order valence-electron chi connectivity index (χ1n) is 6.98. The van der Waals surface area contributed by atoms with Crippen LogP contribution in [0.2, 0.25) is 5.02 Å². The number of nitrogens with two attached hydrogens (primary N) is 1. The average Bonchev–Trinajstić information content (AvgIpc) is 2.85. The molecule has 20 heavy (non-hydrogen) atoms. The molecule has 0 spiro atoms. The molecular formula is C15H21ClN2O2. The van der Waals surface area contributed by atoms with Crippen LogP contribution in [0.5, 0.6) is 5.75 Å². The number of benzene rings is 1. The van der Waals surface area contributed by atoms with Crippen molar-refractivity contribution in [2.45, 2.75) is 32.2 Å². The van der Waals surface area contributed by atoms with Gasteiger partial charge in [-0.3, -0.25) is 4.79 Å². The number of hydrogen-bond acceptors (Lipinski definition) is 3. The highest BCUT2D eigenvalue weighted by atomic mass is 35.5. The summed E-state index contributed by atoms with van der Waals surface area (Å²) >= 11 is 5.95. The van der Waals surface area contributed by atoms with Gasteiger partial charge in [-0.25, -0.2) is 0 Å². The molecular weight excluding hydrogens is 276 g/mol. The number of carbonyl (C=O) groups excluding carboxylic acids is 1. The van der Waals surface area contributed by atoms with Gasteiger partial charge in [0.1, 0.15) is 5.75 Å². The van der Waals surface area contributed by atoms with E-state index in [0.717, 1.165) is 29.3 Å². The molecule has 1 saturated heterocycles. The Hall–Kier alpha value is -1.26. The van der Waals surface area contributed by atoms with Crippen molar-refractivity contribution in [3.05, 3.63) is 28.8 Å². The maximum Gasteiger partial charge on any atom is 0.222 e. The Balaban J connectivity index is 1.68. The van der Waals surface area contributed by atoms with Crippen molar-refractivity contribution >= 4 is 17.5 Å². The lowest BCUT2D eigenvalue weighted by Gasteiger charge is -2.15. The number of amides is 1. The monoisotopic (exact) mass is 296 g/mol. The van der Waals surface area contributed by atoms with Crippen LogP contribution in [-0.2, 0) is 4.79 Å². The van der Waals surface area contributed by atoms with Crippen LogP contribution in [0.25, 0.3) is 0 Å². The van der Waals surface area contributed by atoms with Gasteiger partial charge in [0.2, 0.25) is 5.91 Å². The number of likely N-dealkylation sites (tertiary alicyclic amines) is 1. The molecule has 1 aliphatic rings. The maximum absolute atomic E-state index is 11.9. The van der Waals surface area contributed by atoms with Crippen molar-refractivity contribution in [2.75, 3.05) is 19.7 Å². The van der Waals surface area contributed by atoms with Gasteiger partial charge in [-0.2, -0.15) is 0 Å². The van der Waals surface area contributed by atoms with E-state index in [2.05, 4.69) is 0 Å². The fraction of sp³-hybridized carbons (Fsp3) is 0.533. The van der Waals surface area contributed by atoms with Crippen molar-refractivity contribution < 1.29 is 9.53 Å². The van der Waals surface area contributed by atoms with Gasteiger partial charge in [-0.1, -0.05) is 11.6 Å². The largest absolute Gasteiger partial charge is 0.494 e. The lowest BCUT2D eigenvalue weighted by molar-refractivity contribution is -0.130. The van der Waals surface area contributed by atoms with Crippen LogP contribution >= 0.6 is 11.6 Å². The van der Waals surface area contributed by atoms with E-state index in [1.54, 1.807) is 0 Å². The smallest absolute Gasteiger partial charge is 0.222 e. The molecule has 1 fully saturated rings. The van der Waals surface area contributed by atoms with Crippen molar-refractivity contribution in [1.82, 2.24) is 4.90 Å². The normalized spacial score (nSPS) is 18.4. The fourth-order valence-electron chi connectivity index (χ4n) is 2.29. The number of nitrogens with zero attached hydrogens (tertiary/aromatic N) is 1. The molecule has 2 N–H and O–H groups in total. The molecule has 1 aromatic carbocycles. The van der Waals surface area contributed by atoms with E-state index in [-0.39, 0.29) is 11.9 Å². The zero-order valence-corrected chi connectivity index (χ0v) is 12.5. The fourth-order valence-corrected chi connectivity index (χ4v) is 2.41. The first kappa shape index (κ1) is 15.1. The highest BCUT2D eigenvalue weighted by Gasteiger charge is 2.22. The van der Waals surface area contributed by atoms with Crippen molar-refractivity contribution in [3.8, 4) is 5.75 Å².